The number of benzene rings is 1. The third-order valence-corrected chi connectivity index (χ3v) is 5.85. The van der Waals surface area contributed by atoms with Gasteiger partial charge in [-0.05, 0) is 18.4 Å². The second-order valence-electron chi connectivity index (χ2n) is 6.33. The lowest BCUT2D eigenvalue weighted by molar-refractivity contribution is -0.136. The van der Waals surface area contributed by atoms with Crippen molar-refractivity contribution < 1.29 is 13.2 Å². The van der Waals surface area contributed by atoms with Gasteiger partial charge < -0.3 is 4.90 Å². The maximum absolute atomic E-state index is 13.1. The van der Waals surface area contributed by atoms with E-state index in [0.717, 1.165) is 31.5 Å². The van der Waals surface area contributed by atoms with Gasteiger partial charge in [0.15, 0.2) is 0 Å². The monoisotopic (exact) mass is 352 g/mol. The third kappa shape index (κ3) is 3.77. The van der Waals surface area contributed by atoms with Crippen molar-refractivity contribution in [3.63, 3.8) is 0 Å². The van der Waals surface area contributed by atoms with Gasteiger partial charge in [-0.3, -0.25) is 9.69 Å². The Morgan fingerprint density at radius 3 is 2.08 bits per heavy atom. The van der Waals surface area contributed by atoms with E-state index in [0.29, 0.717) is 26.2 Å². The van der Waals surface area contributed by atoms with Crippen LogP contribution < -0.4 is 5.14 Å². The SMILES string of the molecule is NS(=O)(=O)N1CCN(C(C(=O)N2CCCC2)c2ccccc2)CC1. The summed E-state index contributed by atoms with van der Waals surface area (Å²) in [5.41, 5.74) is 0.957. The molecule has 1 atom stereocenters. The molecule has 7 nitrogen and oxygen atoms in total. The number of amides is 1. The van der Waals surface area contributed by atoms with Gasteiger partial charge in [0.25, 0.3) is 10.2 Å². The zero-order chi connectivity index (χ0) is 17.2. The predicted molar refractivity (Wildman–Crippen MR) is 91.3 cm³/mol. The average molecular weight is 352 g/mol. The minimum atomic E-state index is -3.66. The molecule has 8 heteroatoms. The average Bonchev–Trinajstić information content (AvgIpc) is 3.10. The van der Waals surface area contributed by atoms with Crippen molar-refractivity contribution in [2.75, 3.05) is 39.3 Å². The molecule has 0 radical (unpaired) electrons. The molecule has 132 valence electrons. The standard InChI is InChI=1S/C16H24N4O3S/c17-24(22,23)20-12-10-18(11-13-20)15(14-6-2-1-3-7-14)16(21)19-8-4-5-9-19/h1-3,6-7,15H,4-5,8-13H2,(H2,17,22,23). The molecule has 0 aromatic heterocycles. The highest BCUT2D eigenvalue weighted by Gasteiger charge is 2.35. The number of rotatable bonds is 4. The first kappa shape index (κ1) is 17.3. The van der Waals surface area contributed by atoms with E-state index in [4.69, 9.17) is 5.14 Å². The number of carbonyl (C=O) groups is 1. The molecule has 1 amide bonds. The second-order valence-corrected chi connectivity index (χ2v) is 7.87. The molecule has 0 spiro atoms. The Bertz CT molecular complexity index is 666. The van der Waals surface area contributed by atoms with Crippen LogP contribution >= 0.6 is 0 Å². The van der Waals surface area contributed by atoms with Crippen LogP contribution in [0.5, 0.6) is 0 Å². The summed E-state index contributed by atoms with van der Waals surface area (Å²) in [5, 5.41) is 5.21. The Hall–Kier alpha value is -1.48. The van der Waals surface area contributed by atoms with Crippen molar-refractivity contribution in [2.24, 2.45) is 5.14 Å². The van der Waals surface area contributed by atoms with Gasteiger partial charge in [-0.1, -0.05) is 30.3 Å². The van der Waals surface area contributed by atoms with Gasteiger partial charge >= 0.3 is 0 Å². The molecule has 1 aromatic rings. The maximum atomic E-state index is 13.1. The Morgan fingerprint density at radius 1 is 0.958 bits per heavy atom. The summed E-state index contributed by atoms with van der Waals surface area (Å²) in [4.78, 5) is 17.0. The zero-order valence-corrected chi connectivity index (χ0v) is 14.5. The minimum Gasteiger partial charge on any atom is -0.341 e. The molecule has 2 fully saturated rings. The lowest BCUT2D eigenvalue weighted by atomic mass is 10.0. The molecule has 2 N–H and O–H groups in total. The summed E-state index contributed by atoms with van der Waals surface area (Å²) in [6, 6.07) is 9.36. The molecule has 2 saturated heterocycles. The van der Waals surface area contributed by atoms with E-state index >= 15 is 0 Å². The van der Waals surface area contributed by atoms with Gasteiger partial charge in [0.05, 0.1) is 0 Å². The Balaban J connectivity index is 1.79. The van der Waals surface area contributed by atoms with Crippen LogP contribution in [0.3, 0.4) is 0 Å². The minimum absolute atomic E-state index is 0.114. The number of carbonyl (C=O) groups excluding carboxylic acids is 1. The highest BCUT2D eigenvalue weighted by molar-refractivity contribution is 7.86. The zero-order valence-electron chi connectivity index (χ0n) is 13.7. The van der Waals surface area contributed by atoms with E-state index in [1.54, 1.807) is 0 Å². The molecule has 0 aliphatic carbocycles. The predicted octanol–water partition coefficient (Wildman–Crippen LogP) is 0.171. The normalized spacial score (nSPS) is 21.8. The summed E-state index contributed by atoms with van der Waals surface area (Å²) in [5.74, 6) is 0.114. The van der Waals surface area contributed by atoms with Crippen molar-refractivity contribution in [3.8, 4) is 0 Å². The first-order valence-corrected chi connectivity index (χ1v) is 9.83. The van der Waals surface area contributed by atoms with Crippen LogP contribution in [-0.2, 0) is 15.0 Å². The summed E-state index contributed by atoms with van der Waals surface area (Å²) in [6.45, 7) is 3.23. The van der Waals surface area contributed by atoms with Crippen molar-refractivity contribution >= 4 is 16.1 Å². The lowest BCUT2D eigenvalue weighted by Crippen LogP contribution is -2.53. The molecule has 2 aliphatic heterocycles. The smallest absolute Gasteiger partial charge is 0.276 e. The van der Waals surface area contributed by atoms with Gasteiger partial charge in [-0.25, -0.2) is 5.14 Å². The lowest BCUT2D eigenvalue weighted by Gasteiger charge is -2.38. The van der Waals surface area contributed by atoms with Crippen LogP contribution in [-0.4, -0.2) is 67.7 Å². The molecule has 0 bridgehead atoms. The first-order valence-electron chi connectivity index (χ1n) is 8.32. The Morgan fingerprint density at radius 2 is 1.54 bits per heavy atom. The molecule has 1 unspecified atom stereocenters. The number of nitrogens with two attached hydrogens (primary N) is 1. The molecule has 1 aromatic carbocycles. The van der Waals surface area contributed by atoms with Gasteiger partial charge in [0.2, 0.25) is 5.91 Å². The number of likely N-dealkylation sites (tertiary alicyclic amines) is 1. The molecular weight excluding hydrogens is 328 g/mol. The maximum Gasteiger partial charge on any atom is 0.276 e. The molecule has 3 rings (SSSR count). The number of piperazine rings is 1. The quantitative estimate of drug-likeness (QED) is 0.837. The van der Waals surface area contributed by atoms with E-state index in [2.05, 4.69) is 4.90 Å². The molecule has 0 saturated carbocycles. The fourth-order valence-electron chi connectivity index (χ4n) is 3.47. The summed E-state index contributed by atoms with van der Waals surface area (Å²) in [6.07, 6.45) is 2.10. The van der Waals surface area contributed by atoms with Crippen LogP contribution in [0.4, 0.5) is 0 Å². The molecule has 2 heterocycles. The highest BCUT2D eigenvalue weighted by Crippen LogP contribution is 2.26. The molecule has 24 heavy (non-hydrogen) atoms. The molecule has 2 aliphatic rings. The number of nitrogens with zero attached hydrogens (tertiary/aromatic N) is 3. The molecular formula is C16H24N4O3S. The largest absolute Gasteiger partial charge is 0.341 e. The van der Waals surface area contributed by atoms with Crippen molar-refractivity contribution in [1.29, 1.82) is 0 Å². The van der Waals surface area contributed by atoms with E-state index < -0.39 is 10.2 Å². The Kier molecular flexibility index (Phi) is 5.19. The number of hydrogen-bond acceptors (Lipinski definition) is 4. The Labute approximate surface area is 143 Å². The van der Waals surface area contributed by atoms with Crippen molar-refractivity contribution in [2.45, 2.75) is 18.9 Å². The van der Waals surface area contributed by atoms with Gasteiger partial charge in [0.1, 0.15) is 6.04 Å². The van der Waals surface area contributed by atoms with Gasteiger partial charge in [-0.15, -0.1) is 0 Å². The van der Waals surface area contributed by atoms with E-state index in [1.165, 1.54) is 4.31 Å². The fraction of sp³-hybridized carbons (Fsp3) is 0.562. The van der Waals surface area contributed by atoms with Crippen LogP contribution in [0.15, 0.2) is 30.3 Å². The van der Waals surface area contributed by atoms with Crippen LogP contribution in [0.2, 0.25) is 0 Å². The van der Waals surface area contributed by atoms with Crippen LogP contribution in [0, 0.1) is 0 Å². The first-order chi connectivity index (χ1) is 11.5. The summed E-state index contributed by atoms with van der Waals surface area (Å²) < 4.78 is 24.2. The summed E-state index contributed by atoms with van der Waals surface area (Å²) >= 11 is 0. The number of hydrogen-bond donors (Lipinski definition) is 1. The van der Waals surface area contributed by atoms with E-state index in [-0.39, 0.29) is 11.9 Å². The van der Waals surface area contributed by atoms with Crippen LogP contribution in [0.1, 0.15) is 24.4 Å². The van der Waals surface area contributed by atoms with Gasteiger partial charge in [0, 0.05) is 39.3 Å². The second kappa shape index (κ2) is 7.18. The van der Waals surface area contributed by atoms with Gasteiger partial charge in [-0.2, -0.15) is 12.7 Å². The van der Waals surface area contributed by atoms with E-state index in [9.17, 15) is 13.2 Å². The highest BCUT2D eigenvalue weighted by atomic mass is 32.2. The fourth-order valence-corrected chi connectivity index (χ4v) is 4.14. The van der Waals surface area contributed by atoms with Crippen molar-refractivity contribution in [1.82, 2.24) is 14.1 Å². The van der Waals surface area contributed by atoms with Crippen LogP contribution in [0.25, 0.3) is 0 Å². The van der Waals surface area contributed by atoms with Crippen molar-refractivity contribution in [3.05, 3.63) is 35.9 Å². The van der Waals surface area contributed by atoms with E-state index in [1.807, 2.05) is 35.2 Å². The third-order valence-electron chi connectivity index (χ3n) is 4.77. The summed E-state index contributed by atoms with van der Waals surface area (Å²) in [7, 11) is -3.66. The topological polar surface area (TPSA) is 87.0 Å².